The molecular weight excluding hydrogens is 301 g/mol. The number of hydrogen-bond acceptors (Lipinski definition) is 1. The molecule has 2 atom stereocenters. The first-order valence-corrected chi connectivity index (χ1v) is 8.11. The first kappa shape index (κ1) is 14.9. The normalized spacial score (nSPS) is 20.8. The fourth-order valence-electron chi connectivity index (χ4n) is 3.24. The highest BCUT2D eigenvalue weighted by molar-refractivity contribution is 6.42. The molecule has 0 aliphatic heterocycles. The second kappa shape index (κ2) is 6.00. The fraction of sp³-hybridized carbons (Fsp3) is 0.333. The van der Waals surface area contributed by atoms with Crippen LogP contribution in [0, 0.1) is 0 Å². The van der Waals surface area contributed by atoms with Crippen molar-refractivity contribution in [2.45, 2.75) is 38.3 Å². The molecule has 0 heterocycles. The average molecular weight is 320 g/mol. The molecule has 21 heavy (non-hydrogen) atoms. The van der Waals surface area contributed by atoms with Crippen LogP contribution in [-0.2, 0) is 0 Å². The lowest BCUT2D eigenvalue weighted by Gasteiger charge is -2.17. The number of nitrogens with one attached hydrogen (secondary N) is 1. The SMILES string of the molecule is CC(C)N[C@H]1C[C@H](c2ccc(Cl)c(Cl)c2)c2ccccc21. The maximum absolute atomic E-state index is 6.19. The van der Waals surface area contributed by atoms with E-state index in [1.54, 1.807) is 0 Å². The number of benzene rings is 2. The van der Waals surface area contributed by atoms with E-state index >= 15 is 0 Å². The summed E-state index contributed by atoms with van der Waals surface area (Å²) >= 11 is 12.2. The summed E-state index contributed by atoms with van der Waals surface area (Å²) in [6.07, 6.45) is 1.06. The van der Waals surface area contributed by atoms with Gasteiger partial charge >= 0.3 is 0 Å². The van der Waals surface area contributed by atoms with Crippen LogP contribution in [0.2, 0.25) is 10.0 Å². The monoisotopic (exact) mass is 319 g/mol. The maximum atomic E-state index is 6.19. The summed E-state index contributed by atoms with van der Waals surface area (Å²) in [5.74, 6) is 0.382. The lowest BCUT2D eigenvalue weighted by atomic mass is 9.93. The van der Waals surface area contributed by atoms with Gasteiger partial charge in [-0.25, -0.2) is 0 Å². The van der Waals surface area contributed by atoms with Crippen LogP contribution >= 0.6 is 23.2 Å². The van der Waals surface area contributed by atoms with Crippen LogP contribution in [-0.4, -0.2) is 6.04 Å². The van der Waals surface area contributed by atoms with E-state index in [0.717, 1.165) is 6.42 Å². The van der Waals surface area contributed by atoms with Gasteiger partial charge in [0.25, 0.3) is 0 Å². The van der Waals surface area contributed by atoms with Crippen LogP contribution in [0.25, 0.3) is 0 Å². The molecule has 1 N–H and O–H groups in total. The molecule has 2 aromatic carbocycles. The Morgan fingerprint density at radius 3 is 2.38 bits per heavy atom. The predicted molar refractivity (Wildman–Crippen MR) is 90.4 cm³/mol. The predicted octanol–water partition coefficient (Wildman–Crippen LogP) is 5.57. The molecule has 0 saturated heterocycles. The quantitative estimate of drug-likeness (QED) is 0.780. The lowest BCUT2D eigenvalue weighted by molar-refractivity contribution is 0.464. The van der Waals surface area contributed by atoms with Crippen molar-refractivity contribution in [3.05, 3.63) is 69.2 Å². The number of hydrogen-bond donors (Lipinski definition) is 1. The highest BCUT2D eigenvalue weighted by Gasteiger charge is 2.31. The third kappa shape index (κ3) is 2.96. The van der Waals surface area contributed by atoms with E-state index in [4.69, 9.17) is 23.2 Å². The van der Waals surface area contributed by atoms with Gasteiger partial charge < -0.3 is 5.32 Å². The Kier molecular flexibility index (Phi) is 4.26. The molecule has 0 spiro atoms. The Hall–Kier alpha value is -1.02. The molecule has 0 unspecified atom stereocenters. The minimum atomic E-state index is 0.382. The van der Waals surface area contributed by atoms with E-state index in [1.807, 2.05) is 12.1 Å². The zero-order valence-corrected chi connectivity index (χ0v) is 13.7. The summed E-state index contributed by atoms with van der Waals surface area (Å²) in [5, 5.41) is 4.91. The van der Waals surface area contributed by atoms with Crippen LogP contribution in [0.15, 0.2) is 42.5 Å². The Labute approximate surface area is 136 Å². The summed E-state index contributed by atoms with van der Waals surface area (Å²) in [5.41, 5.74) is 4.04. The molecule has 1 aliphatic carbocycles. The zero-order chi connectivity index (χ0) is 15.0. The molecule has 0 radical (unpaired) electrons. The van der Waals surface area contributed by atoms with Crippen LogP contribution < -0.4 is 5.32 Å². The van der Waals surface area contributed by atoms with Crippen molar-refractivity contribution in [2.75, 3.05) is 0 Å². The largest absolute Gasteiger partial charge is 0.308 e. The van der Waals surface area contributed by atoms with Crippen molar-refractivity contribution in [2.24, 2.45) is 0 Å². The fourth-order valence-corrected chi connectivity index (χ4v) is 3.55. The van der Waals surface area contributed by atoms with Crippen molar-refractivity contribution >= 4 is 23.2 Å². The first-order chi connectivity index (χ1) is 10.1. The van der Waals surface area contributed by atoms with Gasteiger partial charge in [0.05, 0.1) is 10.0 Å². The van der Waals surface area contributed by atoms with E-state index in [9.17, 15) is 0 Å². The van der Waals surface area contributed by atoms with E-state index in [2.05, 4.69) is 49.5 Å². The number of fused-ring (bicyclic) bond motifs is 1. The molecular formula is C18H19Cl2N. The molecule has 110 valence electrons. The smallest absolute Gasteiger partial charge is 0.0595 e. The molecule has 1 nitrogen and oxygen atoms in total. The lowest BCUT2D eigenvalue weighted by Crippen LogP contribution is -2.26. The molecule has 2 aromatic rings. The summed E-state index contributed by atoms with van der Waals surface area (Å²) in [6, 6.07) is 15.5. The van der Waals surface area contributed by atoms with Gasteiger partial charge in [0.2, 0.25) is 0 Å². The minimum Gasteiger partial charge on any atom is -0.308 e. The highest BCUT2D eigenvalue weighted by Crippen LogP contribution is 2.44. The molecule has 0 fully saturated rings. The zero-order valence-electron chi connectivity index (χ0n) is 12.2. The Morgan fingerprint density at radius 2 is 1.71 bits per heavy atom. The van der Waals surface area contributed by atoms with Crippen LogP contribution in [0.4, 0.5) is 0 Å². The Balaban J connectivity index is 1.99. The van der Waals surface area contributed by atoms with Gasteiger partial charge in [-0.3, -0.25) is 0 Å². The number of rotatable bonds is 3. The van der Waals surface area contributed by atoms with Crippen molar-refractivity contribution in [3.8, 4) is 0 Å². The van der Waals surface area contributed by atoms with Gasteiger partial charge in [-0.15, -0.1) is 0 Å². The second-order valence-electron chi connectivity index (χ2n) is 5.96. The molecule has 0 saturated carbocycles. The van der Waals surface area contributed by atoms with Gasteiger partial charge in [-0.1, -0.05) is 67.4 Å². The average Bonchev–Trinajstić information content (AvgIpc) is 2.80. The minimum absolute atomic E-state index is 0.382. The molecule has 1 aliphatic rings. The van der Waals surface area contributed by atoms with Gasteiger partial charge in [-0.2, -0.15) is 0 Å². The topological polar surface area (TPSA) is 12.0 Å². The molecule has 0 aromatic heterocycles. The van der Waals surface area contributed by atoms with E-state index in [-0.39, 0.29) is 0 Å². The molecule has 0 amide bonds. The Bertz CT molecular complexity index is 651. The number of halogens is 2. The summed E-state index contributed by atoms with van der Waals surface area (Å²) < 4.78 is 0. The highest BCUT2D eigenvalue weighted by atomic mass is 35.5. The maximum Gasteiger partial charge on any atom is 0.0595 e. The van der Waals surface area contributed by atoms with Crippen LogP contribution in [0.3, 0.4) is 0 Å². The van der Waals surface area contributed by atoms with Crippen molar-refractivity contribution in [3.63, 3.8) is 0 Å². The third-order valence-electron chi connectivity index (χ3n) is 4.10. The van der Waals surface area contributed by atoms with E-state index < -0.39 is 0 Å². The van der Waals surface area contributed by atoms with Crippen LogP contribution in [0.1, 0.15) is 48.9 Å². The van der Waals surface area contributed by atoms with Crippen LogP contribution in [0.5, 0.6) is 0 Å². The van der Waals surface area contributed by atoms with E-state index in [1.165, 1.54) is 16.7 Å². The van der Waals surface area contributed by atoms with E-state index in [0.29, 0.717) is 28.0 Å². The van der Waals surface area contributed by atoms with Crippen molar-refractivity contribution < 1.29 is 0 Å². The summed E-state index contributed by atoms with van der Waals surface area (Å²) in [6.45, 7) is 4.38. The third-order valence-corrected chi connectivity index (χ3v) is 4.84. The van der Waals surface area contributed by atoms with Crippen molar-refractivity contribution in [1.29, 1.82) is 0 Å². The van der Waals surface area contributed by atoms with Gasteiger partial charge in [0.15, 0.2) is 0 Å². The molecule has 3 rings (SSSR count). The standard InChI is InChI=1S/C18H19Cl2N/c1-11(2)21-18-10-15(13-5-3-4-6-14(13)18)12-7-8-16(19)17(20)9-12/h3-9,11,15,18,21H,10H2,1-2H3/t15-,18+/m1/s1. The second-order valence-corrected chi connectivity index (χ2v) is 6.78. The Morgan fingerprint density at radius 1 is 1.00 bits per heavy atom. The van der Waals surface area contributed by atoms with Gasteiger partial charge in [0.1, 0.15) is 0 Å². The summed E-state index contributed by atoms with van der Waals surface area (Å²) in [4.78, 5) is 0. The van der Waals surface area contributed by atoms with Crippen molar-refractivity contribution in [1.82, 2.24) is 5.32 Å². The summed E-state index contributed by atoms with van der Waals surface area (Å²) in [7, 11) is 0. The molecule has 3 heteroatoms. The van der Waals surface area contributed by atoms with Gasteiger partial charge in [-0.05, 0) is 35.2 Å². The first-order valence-electron chi connectivity index (χ1n) is 7.36. The molecule has 0 bridgehead atoms. The van der Waals surface area contributed by atoms with Gasteiger partial charge in [0, 0.05) is 18.0 Å².